The fraction of sp³-hybridized carbons (Fsp3) is 0.562. The van der Waals surface area contributed by atoms with Crippen LogP contribution < -0.4 is 0 Å². The largest absolute Gasteiger partial charge is 0.464 e. The number of aryl methyl sites for hydroxylation is 1. The summed E-state index contributed by atoms with van der Waals surface area (Å²) in [7, 11) is 0. The van der Waals surface area contributed by atoms with Crippen molar-refractivity contribution in [3.05, 3.63) is 35.4 Å². The molecule has 0 N–H and O–H groups in total. The number of nitrogens with zero attached hydrogens (tertiary/aromatic N) is 2. The van der Waals surface area contributed by atoms with Crippen LogP contribution in [-0.2, 0) is 16.1 Å². The van der Waals surface area contributed by atoms with Gasteiger partial charge in [-0.15, -0.1) is 0 Å². The Morgan fingerprint density at radius 2 is 2.05 bits per heavy atom. The molecule has 20 heavy (non-hydrogen) atoms. The Bertz CT molecular complexity index is 481. The number of ether oxygens (including phenoxy) is 1. The average Bonchev–Trinajstić information content (AvgIpc) is 2.86. The molecular weight excluding hydrogens is 252 g/mol. The van der Waals surface area contributed by atoms with Gasteiger partial charge in [0.2, 0.25) is 0 Å². The first kappa shape index (κ1) is 13.6. The van der Waals surface area contributed by atoms with E-state index in [0.717, 1.165) is 39.1 Å². The minimum atomic E-state index is -0.0304. The van der Waals surface area contributed by atoms with E-state index >= 15 is 0 Å². The van der Waals surface area contributed by atoms with Gasteiger partial charge in [0.05, 0.1) is 6.61 Å². The Kier molecular flexibility index (Phi) is 4.03. The Morgan fingerprint density at radius 3 is 2.70 bits per heavy atom. The summed E-state index contributed by atoms with van der Waals surface area (Å²) in [4.78, 5) is 16.3. The number of piperazine rings is 1. The Hall–Kier alpha value is -1.39. The summed E-state index contributed by atoms with van der Waals surface area (Å²) < 4.78 is 5.06. The molecule has 3 rings (SSSR count). The van der Waals surface area contributed by atoms with Gasteiger partial charge in [-0.3, -0.25) is 14.6 Å². The first-order chi connectivity index (χ1) is 9.72. The number of carbonyl (C=O) groups is 1. The maximum absolute atomic E-state index is 11.6. The van der Waals surface area contributed by atoms with Gasteiger partial charge in [0.15, 0.2) is 0 Å². The molecule has 2 fully saturated rings. The molecule has 2 saturated heterocycles. The minimum Gasteiger partial charge on any atom is -0.464 e. The highest BCUT2D eigenvalue weighted by atomic mass is 16.5. The average molecular weight is 274 g/mol. The zero-order valence-corrected chi connectivity index (χ0v) is 12.0. The van der Waals surface area contributed by atoms with Crippen molar-refractivity contribution >= 4 is 5.97 Å². The summed E-state index contributed by atoms with van der Waals surface area (Å²) in [6.07, 6.45) is 0.858. The normalized spacial score (nSPS) is 24.9. The molecule has 0 aliphatic carbocycles. The predicted molar refractivity (Wildman–Crippen MR) is 77.4 cm³/mol. The second-order valence-electron chi connectivity index (χ2n) is 5.77. The lowest BCUT2D eigenvalue weighted by molar-refractivity contribution is -0.142. The molecule has 0 spiro atoms. The van der Waals surface area contributed by atoms with Crippen molar-refractivity contribution < 1.29 is 9.53 Å². The molecule has 0 aromatic heterocycles. The van der Waals surface area contributed by atoms with Gasteiger partial charge in [-0.05, 0) is 12.5 Å². The van der Waals surface area contributed by atoms with Crippen LogP contribution in [0.1, 0.15) is 17.5 Å². The number of benzene rings is 1. The lowest BCUT2D eigenvalue weighted by atomic mass is 10.1. The van der Waals surface area contributed by atoms with Crippen LogP contribution in [0.2, 0.25) is 0 Å². The fourth-order valence-electron chi connectivity index (χ4n) is 3.12. The molecule has 2 aliphatic rings. The summed E-state index contributed by atoms with van der Waals surface area (Å²) in [5.41, 5.74) is 2.69. The van der Waals surface area contributed by atoms with Crippen LogP contribution in [-0.4, -0.2) is 54.6 Å². The highest BCUT2D eigenvalue weighted by Crippen LogP contribution is 2.17. The molecule has 4 heteroatoms. The van der Waals surface area contributed by atoms with Crippen LogP contribution in [0.3, 0.4) is 0 Å². The molecule has 0 saturated carbocycles. The van der Waals surface area contributed by atoms with Gasteiger partial charge < -0.3 is 4.74 Å². The third-order valence-electron chi connectivity index (χ3n) is 4.24. The number of rotatable bonds is 3. The van der Waals surface area contributed by atoms with E-state index in [9.17, 15) is 4.79 Å². The van der Waals surface area contributed by atoms with Crippen LogP contribution in [0.4, 0.5) is 0 Å². The summed E-state index contributed by atoms with van der Waals surface area (Å²) in [5.74, 6) is -0.0304. The molecule has 4 nitrogen and oxygen atoms in total. The van der Waals surface area contributed by atoms with Gasteiger partial charge in [-0.2, -0.15) is 0 Å². The summed E-state index contributed by atoms with van der Waals surface area (Å²) in [6, 6.07) is 8.70. The van der Waals surface area contributed by atoms with E-state index in [1.165, 1.54) is 11.1 Å². The summed E-state index contributed by atoms with van der Waals surface area (Å²) in [6.45, 7) is 7.71. The Morgan fingerprint density at radius 1 is 1.25 bits per heavy atom. The molecule has 0 bridgehead atoms. The molecule has 108 valence electrons. The van der Waals surface area contributed by atoms with E-state index in [1.54, 1.807) is 0 Å². The number of carbonyl (C=O) groups excluding carboxylic acids is 1. The summed E-state index contributed by atoms with van der Waals surface area (Å²) in [5, 5.41) is 0. The highest BCUT2D eigenvalue weighted by molar-refractivity contribution is 5.77. The van der Waals surface area contributed by atoms with Crippen molar-refractivity contribution in [3.8, 4) is 0 Å². The van der Waals surface area contributed by atoms with Crippen molar-refractivity contribution in [2.75, 3.05) is 32.8 Å². The van der Waals surface area contributed by atoms with E-state index in [4.69, 9.17) is 4.74 Å². The topological polar surface area (TPSA) is 32.8 Å². The van der Waals surface area contributed by atoms with Crippen molar-refractivity contribution in [2.45, 2.75) is 25.9 Å². The quantitative estimate of drug-likeness (QED) is 0.781. The Labute approximate surface area is 120 Å². The van der Waals surface area contributed by atoms with Crippen LogP contribution in [0.5, 0.6) is 0 Å². The molecule has 2 heterocycles. The second kappa shape index (κ2) is 5.94. The number of hydrogen-bond acceptors (Lipinski definition) is 4. The van der Waals surface area contributed by atoms with Crippen LogP contribution in [0.25, 0.3) is 0 Å². The van der Waals surface area contributed by atoms with E-state index < -0.39 is 0 Å². The van der Waals surface area contributed by atoms with Gasteiger partial charge >= 0.3 is 5.97 Å². The maximum Gasteiger partial charge on any atom is 0.323 e. The molecule has 1 aromatic rings. The van der Waals surface area contributed by atoms with Gasteiger partial charge in [0.25, 0.3) is 0 Å². The number of hydrogen-bond donors (Lipinski definition) is 0. The van der Waals surface area contributed by atoms with Crippen molar-refractivity contribution in [3.63, 3.8) is 0 Å². The SMILES string of the molecule is Cc1cccc(CN2CCN(C3CCOC3=O)CC2)c1. The Balaban J connectivity index is 1.52. The highest BCUT2D eigenvalue weighted by Gasteiger charge is 2.33. The van der Waals surface area contributed by atoms with E-state index in [-0.39, 0.29) is 12.0 Å². The zero-order chi connectivity index (χ0) is 13.9. The van der Waals surface area contributed by atoms with Crippen LogP contribution >= 0.6 is 0 Å². The van der Waals surface area contributed by atoms with Crippen molar-refractivity contribution in [1.29, 1.82) is 0 Å². The van der Waals surface area contributed by atoms with E-state index in [1.807, 2.05) is 0 Å². The van der Waals surface area contributed by atoms with Gasteiger partial charge in [-0.1, -0.05) is 29.8 Å². The smallest absolute Gasteiger partial charge is 0.323 e. The predicted octanol–water partition coefficient (Wildman–Crippen LogP) is 1.43. The molecule has 2 aliphatic heterocycles. The van der Waals surface area contributed by atoms with E-state index in [2.05, 4.69) is 41.0 Å². The molecule has 0 radical (unpaired) electrons. The van der Waals surface area contributed by atoms with Crippen LogP contribution in [0, 0.1) is 6.92 Å². The van der Waals surface area contributed by atoms with Gasteiger partial charge in [0.1, 0.15) is 6.04 Å². The van der Waals surface area contributed by atoms with Gasteiger partial charge in [0, 0.05) is 39.1 Å². The third kappa shape index (κ3) is 3.02. The zero-order valence-electron chi connectivity index (χ0n) is 12.0. The van der Waals surface area contributed by atoms with E-state index in [0.29, 0.717) is 6.61 Å². The molecule has 1 aromatic carbocycles. The van der Waals surface area contributed by atoms with Gasteiger partial charge in [-0.25, -0.2) is 0 Å². The summed E-state index contributed by atoms with van der Waals surface area (Å²) >= 11 is 0. The minimum absolute atomic E-state index is 0.0103. The van der Waals surface area contributed by atoms with Crippen molar-refractivity contribution in [1.82, 2.24) is 9.80 Å². The standard InChI is InChI=1S/C16H22N2O2/c1-13-3-2-4-14(11-13)12-17-6-8-18(9-7-17)15-5-10-20-16(15)19/h2-4,11,15H,5-10,12H2,1H3. The van der Waals surface area contributed by atoms with Crippen LogP contribution in [0.15, 0.2) is 24.3 Å². The monoisotopic (exact) mass is 274 g/mol. The first-order valence-electron chi connectivity index (χ1n) is 7.41. The second-order valence-corrected chi connectivity index (χ2v) is 5.77. The molecule has 1 atom stereocenters. The third-order valence-corrected chi connectivity index (χ3v) is 4.24. The molecule has 1 unspecified atom stereocenters. The molecule has 0 amide bonds. The fourth-order valence-corrected chi connectivity index (χ4v) is 3.12. The lowest BCUT2D eigenvalue weighted by Gasteiger charge is -2.36. The first-order valence-corrected chi connectivity index (χ1v) is 7.41. The molecular formula is C16H22N2O2. The number of esters is 1. The number of cyclic esters (lactones) is 1. The maximum atomic E-state index is 11.6. The van der Waals surface area contributed by atoms with Crippen molar-refractivity contribution in [2.24, 2.45) is 0 Å². The lowest BCUT2D eigenvalue weighted by Crippen LogP contribution is -2.51.